The zero-order valence-corrected chi connectivity index (χ0v) is 9.43. The van der Waals surface area contributed by atoms with Crippen LogP contribution in [0.15, 0.2) is 48.3 Å². The molecule has 1 aliphatic carbocycles. The van der Waals surface area contributed by atoms with Gasteiger partial charge in [-0.2, -0.15) is 0 Å². The quantitative estimate of drug-likeness (QED) is 0.868. The lowest BCUT2D eigenvalue weighted by Crippen LogP contribution is -2.23. The molecule has 1 aromatic rings. The SMILES string of the molecule is O=C(NC1=CCCC=C1)OCc1ccccn1. The van der Waals surface area contributed by atoms with Crippen molar-refractivity contribution >= 4 is 6.09 Å². The number of alkyl carbamates (subject to hydrolysis) is 1. The summed E-state index contributed by atoms with van der Waals surface area (Å²) in [7, 11) is 0. The number of hydrogen-bond donors (Lipinski definition) is 1. The van der Waals surface area contributed by atoms with Gasteiger partial charge in [-0.15, -0.1) is 0 Å². The van der Waals surface area contributed by atoms with Crippen LogP contribution in [0.25, 0.3) is 0 Å². The molecule has 0 aromatic carbocycles. The Morgan fingerprint density at radius 3 is 3.06 bits per heavy atom. The van der Waals surface area contributed by atoms with Crippen LogP contribution in [0.2, 0.25) is 0 Å². The van der Waals surface area contributed by atoms with Crippen molar-refractivity contribution in [1.82, 2.24) is 10.3 Å². The molecule has 0 bridgehead atoms. The summed E-state index contributed by atoms with van der Waals surface area (Å²) in [5.74, 6) is 0. The average molecular weight is 230 g/mol. The zero-order chi connectivity index (χ0) is 11.9. The van der Waals surface area contributed by atoms with E-state index in [2.05, 4.69) is 10.3 Å². The van der Waals surface area contributed by atoms with E-state index in [4.69, 9.17) is 4.74 Å². The van der Waals surface area contributed by atoms with Crippen LogP contribution in [-0.4, -0.2) is 11.1 Å². The number of rotatable bonds is 3. The molecule has 2 rings (SSSR count). The normalized spacial score (nSPS) is 14.0. The Hall–Kier alpha value is -2.10. The maximum Gasteiger partial charge on any atom is 0.411 e. The average Bonchev–Trinajstić information content (AvgIpc) is 2.39. The van der Waals surface area contributed by atoms with Gasteiger partial charge >= 0.3 is 6.09 Å². The number of nitrogens with one attached hydrogen (secondary N) is 1. The van der Waals surface area contributed by atoms with E-state index in [1.54, 1.807) is 6.20 Å². The van der Waals surface area contributed by atoms with Gasteiger partial charge in [-0.25, -0.2) is 4.79 Å². The topological polar surface area (TPSA) is 51.2 Å². The van der Waals surface area contributed by atoms with Gasteiger partial charge in [-0.3, -0.25) is 10.3 Å². The van der Waals surface area contributed by atoms with Gasteiger partial charge in [0, 0.05) is 11.9 Å². The highest BCUT2D eigenvalue weighted by Crippen LogP contribution is 2.07. The fourth-order valence-corrected chi connectivity index (χ4v) is 1.48. The minimum absolute atomic E-state index is 0.184. The Bertz CT molecular complexity index is 438. The third kappa shape index (κ3) is 3.75. The molecule has 0 saturated carbocycles. The van der Waals surface area contributed by atoms with E-state index in [9.17, 15) is 4.79 Å². The second kappa shape index (κ2) is 5.84. The molecular weight excluding hydrogens is 216 g/mol. The Labute approximate surface area is 100 Å². The highest BCUT2D eigenvalue weighted by Gasteiger charge is 2.05. The van der Waals surface area contributed by atoms with Crippen molar-refractivity contribution in [1.29, 1.82) is 0 Å². The van der Waals surface area contributed by atoms with E-state index in [1.807, 2.05) is 36.4 Å². The van der Waals surface area contributed by atoms with Crippen LogP contribution in [0.3, 0.4) is 0 Å². The van der Waals surface area contributed by atoms with Crippen molar-refractivity contribution in [3.63, 3.8) is 0 Å². The third-order valence-electron chi connectivity index (χ3n) is 2.32. The zero-order valence-electron chi connectivity index (χ0n) is 9.43. The van der Waals surface area contributed by atoms with Gasteiger partial charge in [0.25, 0.3) is 0 Å². The van der Waals surface area contributed by atoms with Gasteiger partial charge in [0.2, 0.25) is 0 Å². The van der Waals surface area contributed by atoms with E-state index in [0.29, 0.717) is 0 Å². The molecular formula is C13H14N2O2. The number of nitrogens with zero attached hydrogens (tertiary/aromatic N) is 1. The van der Waals surface area contributed by atoms with Crippen LogP contribution in [0, 0.1) is 0 Å². The summed E-state index contributed by atoms with van der Waals surface area (Å²) in [4.78, 5) is 15.5. The highest BCUT2D eigenvalue weighted by atomic mass is 16.5. The summed E-state index contributed by atoms with van der Waals surface area (Å²) in [6.45, 7) is 0.184. The molecule has 0 fully saturated rings. The first kappa shape index (κ1) is 11.4. The molecule has 1 N–H and O–H groups in total. The lowest BCUT2D eigenvalue weighted by molar-refractivity contribution is 0.141. The molecule has 0 spiro atoms. The van der Waals surface area contributed by atoms with E-state index in [1.165, 1.54) is 0 Å². The molecule has 0 saturated heterocycles. The minimum atomic E-state index is -0.451. The molecule has 1 amide bonds. The van der Waals surface area contributed by atoms with Crippen molar-refractivity contribution in [2.75, 3.05) is 0 Å². The molecule has 1 aromatic heterocycles. The number of aromatic nitrogens is 1. The molecule has 0 atom stereocenters. The smallest absolute Gasteiger partial charge is 0.411 e. The monoisotopic (exact) mass is 230 g/mol. The molecule has 4 nitrogen and oxygen atoms in total. The summed E-state index contributed by atoms with van der Waals surface area (Å²) in [6.07, 6.45) is 9.07. The highest BCUT2D eigenvalue weighted by molar-refractivity contribution is 5.70. The summed E-state index contributed by atoms with van der Waals surface area (Å²) in [5, 5.41) is 2.67. The predicted octanol–water partition coefficient (Wildman–Crippen LogP) is 2.54. The van der Waals surface area contributed by atoms with Gasteiger partial charge in [-0.05, 0) is 31.1 Å². The maximum absolute atomic E-state index is 11.4. The number of carbonyl (C=O) groups is 1. The van der Waals surface area contributed by atoms with Gasteiger partial charge in [0.05, 0.1) is 5.69 Å². The Morgan fingerprint density at radius 2 is 2.35 bits per heavy atom. The molecule has 0 aliphatic heterocycles. The van der Waals surface area contributed by atoms with Gasteiger partial charge in [0.1, 0.15) is 6.61 Å². The van der Waals surface area contributed by atoms with Crippen LogP contribution in [0.4, 0.5) is 4.79 Å². The Morgan fingerprint density at radius 1 is 1.41 bits per heavy atom. The van der Waals surface area contributed by atoms with Crippen molar-refractivity contribution in [3.05, 3.63) is 54.0 Å². The second-order valence-corrected chi connectivity index (χ2v) is 3.66. The number of amides is 1. The summed E-state index contributed by atoms with van der Waals surface area (Å²) in [6, 6.07) is 5.49. The lowest BCUT2D eigenvalue weighted by atomic mass is 10.1. The van der Waals surface area contributed by atoms with Crippen LogP contribution < -0.4 is 5.32 Å². The number of hydrogen-bond acceptors (Lipinski definition) is 3. The van der Waals surface area contributed by atoms with Crippen molar-refractivity contribution in [2.24, 2.45) is 0 Å². The fourth-order valence-electron chi connectivity index (χ4n) is 1.48. The number of pyridine rings is 1. The summed E-state index contributed by atoms with van der Waals surface area (Å²) < 4.78 is 5.04. The Balaban J connectivity index is 1.78. The first-order chi connectivity index (χ1) is 8.34. The molecule has 17 heavy (non-hydrogen) atoms. The van der Waals surface area contributed by atoms with E-state index in [-0.39, 0.29) is 6.61 Å². The van der Waals surface area contributed by atoms with Gasteiger partial charge < -0.3 is 4.74 Å². The molecule has 0 radical (unpaired) electrons. The van der Waals surface area contributed by atoms with E-state index in [0.717, 1.165) is 24.2 Å². The van der Waals surface area contributed by atoms with Crippen LogP contribution >= 0.6 is 0 Å². The first-order valence-electron chi connectivity index (χ1n) is 5.55. The number of carbonyl (C=O) groups excluding carboxylic acids is 1. The molecule has 4 heteroatoms. The number of allylic oxidation sites excluding steroid dienone is 3. The minimum Gasteiger partial charge on any atom is -0.443 e. The maximum atomic E-state index is 11.4. The Kier molecular flexibility index (Phi) is 3.91. The molecule has 0 unspecified atom stereocenters. The first-order valence-corrected chi connectivity index (χ1v) is 5.55. The van der Waals surface area contributed by atoms with E-state index < -0.39 is 6.09 Å². The number of ether oxygens (including phenoxy) is 1. The van der Waals surface area contributed by atoms with Crippen molar-refractivity contribution in [2.45, 2.75) is 19.4 Å². The van der Waals surface area contributed by atoms with Crippen molar-refractivity contribution < 1.29 is 9.53 Å². The van der Waals surface area contributed by atoms with Gasteiger partial charge in [-0.1, -0.05) is 18.2 Å². The molecule has 88 valence electrons. The van der Waals surface area contributed by atoms with Crippen LogP contribution in [-0.2, 0) is 11.3 Å². The van der Waals surface area contributed by atoms with E-state index >= 15 is 0 Å². The summed E-state index contributed by atoms with van der Waals surface area (Å²) >= 11 is 0. The largest absolute Gasteiger partial charge is 0.443 e. The van der Waals surface area contributed by atoms with Crippen molar-refractivity contribution in [3.8, 4) is 0 Å². The fraction of sp³-hybridized carbons (Fsp3) is 0.231. The summed E-state index contributed by atoms with van der Waals surface area (Å²) in [5.41, 5.74) is 1.53. The standard InChI is InChI=1S/C13H14N2O2/c16-13(15-11-6-2-1-3-7-11)17-10-12-8-4-5-9-14-12/h2,4-9H,1,3,10H2,(H,15,16). The van der Waals surface area contributed by atoms with Crippen LogP contribution in [0.1, 0.15) is 18.5 Å². The molecule has 1 heterocycles. The second-order valence-electron chi connectivity index (χ2n) is 3.66. The molecule has 1 aliphatic rings. The lowest BCUT2D eigenvalue weighted by Gasteiger charge is -2.09. The third-order valence-corrected chi connectivity index (χ3v) is 2.32. The van der Waals surface area contributed by atoms with Gasteiger partial charge in [0.15, 0.2) is 0 Å². The van der Waals surface area contributed by atoms with Crippen LogP contribution in [0.5, 0.6) is 0 Å². The predicted molar refractivity (Wildman–Crippen MR) is 64.0 cm³/mol.